The average Bonchev–Trinajstić information content (AvgIpc) is 3.21. The lowest BCUT2D eigenvalue weighted by Gasteiger charge is -1.94. The molecule has 0 radical (unpaired) electrons. The number of nitriles is 2. The number of nitrogens with zero attached hydrogens (tertiary/aromatic N) is 2. The van der Waals surface area contributed by atoms with Crippen molar-refractivity contribution < 1.29 is 4.39 Å². The molecule has 4 rings (SSSR count). The summed E-state index contributed by atoms with van der Waals surface area (Å²) in [5.41, 5.74) is 1.25. The summed E-state index contributed by atoms with van der Waals surface area (Å²) < 4.78 is 16.6. The molecule has 0 fully saturated rings. The zero-order chi connectivity index (χ0) is 18.0. The molecule has 0 aliphatic rings. The molecule has 7 heteroatoms. The van der Waals surface area contributed by atoms with E-state index in [-0.39, 0.29) is 5.13 Å². The molecule has 2 heterocycles. The van der Waals surface area contributed by atoms with Crippen molar-refractivity contribution in [1.29, 1.82) is 10.5 Å². The monoisotopic (exact) mass is 492 g/mol. The molecule has 122 valence electrons. The van der Waals surface area contributed by atoms with E-state index in [0.29, 0.717) is 11.1 Å². The van der Waals surface area contributed by atoms with E-state index in [1.807, 2.05) is 29.6 Å². The summed E-state index contributed by atoms with van der Waals surface area (Å²) in [5.74, 6) is 0. The van der Waals surface area contributed by atoms with Crippen LogP contribution in [-0.2, 0) is 0 Å². The lowest BCUT2D eigenvalue weighted by Crippen LogP contribution is -1.73. The molecule has 0 spiro atoms. The van der Waals surface area contributed by atoms with Gasteiger partial charge in [0, 0.05) is 29.1 Å². The third-order valence-corrected chi connectivity index (χ3v) is 6.38. The van der Waals surface area contributed by atoms with Gasteiger partial charge < -0.3 is 0 Å². The largest absolute Gasteiger partial charge is 0.195 e. The first-order valence-corrected chi connectivity index (χ1v) is 10.2. The van der Waals surface area contributed by atoms with Crippen LogP contribution >= 0.6 is 54.5 Å². The van der Waals surface area contributed by atoms with E-state index in [1.54, 1.807) is 23.5 Å². The SMILES string of the molecule is N#Cc1cc(Br)c2cc(F)sc2c1.N#Cc1cc(Br)c2ccsc2c1. The van der Waals surface area contributed by atoms with Crippen molar-refractivity contribution in [3.8, 4) is 12.1 Å². The molecule has 25 heavy (non-hydrogen) atoms. The summed E-state index contributed by atoms with van der Waals surface area (Å²) in [6.45, 7) is 0. The van der Waals surface area contributed by atoms with Gasteiger partial charge in [-0.15, -0.1) is 22.7 Å². The summed E-state index contributed by atoms with van der Waals surface area (Å²) in [7, 11) is 0. The van der Waals surface area contributed by atoms with Crippen LogP contribution in [0, 0.1) is 27.8 Å². The van der Waals surface area contributed by atoms with Crippen molar-refractivity contribution in [2.45, 2.75) is 0 Å². The fourth-order valence-corrected chi connectivity index (χ4v) is 5.35. The number of hydrogen-bond donors (Lipinski definition) is 0. The normalized spacial score (nSPS) is 10.1. The van der Waals surface area contributed by atoms with Gasteiger partial charge >= 0.3 is 0 Å². The molecule has 4 aromatic rings. The molecule has 0 unspecified atom stereocenters. The molecule has 0 bridgehead atoms. The van der Waals surface area contributed by atoms with Gasteiger partial charge in [0.2, 0.25) is 0 Å². The van der Waals surface area contributed by atoms with Gasteiger partial charge in [0.1, 0.15) is 0 Å². The number of fused-ring (bicyclic) bond motifs is 2. The molecule has 0 amide bonds. The Balaban J connectivity index is 0.000000146. The maximum atomic E-state index is 12.9. The van der Waals surface area contributed by atoms with E-state index < -0.39 is 0 Å². The van der Waals surface area contributed by atoms with E-state index in [4.69, 9.17) is 10.5 Å². The van der Waals surface area contributed by atoms with Gasteiger partial charge in [-0.1, -0.05) is 31.9 Å². The van der Waals surface area contributed by atoms with Gasteiger partial charge in [-0.25, -0.2) is 0 Å². The lowest BCUT2D eigenvalue weighted by atomic mass is 10.2. The Morgan fingerprint density at radius 3 is 2.08 bits per heavy atom. The number of hydrogen-bond acceptors (Lipinski definition) is 4. The third kappa shape index (κ3) is 3.91. The Morgan fingerprint density at radius 2 is 1.44 bits per heavy atom. The first-order valence-electron chi connectivity index (χ1n) is 6.87. The van der Waals surface area contributed by atoms with Crippen molar-refractivity contribution in [1.82, 2.24) is 0 Å². The summed E-state index contributed by atoms with van der Waals surface area (Å²) in [6.07, 6.45) is 0. The van der Waals surface area contributed by atoms with Gasteiger partial charge in [-0.3, -0.25) is 0 Å². The van der Waals surface area contributed by atoms with Crippen LogP contribution in [0.1, 0.15) is 11.1 Å². The second-order valence-electron chi connectivity index (χ2n) is 4.93. The van der Waals surface area contributed by atoms with Crippen LogP contribution in [0.15, 0.2) is 50.7 Å². The molecule has 2 aromatic heterocycles. The average molecular weight is 494 g/mol. The second-order valence-corrected chi connectivity index (χ2v) is 8.62. The highest BCUT2D eigenvalue weighted by molar-refractivity contribution is 9.11. The number of rotatable bonds is 0. The molecule has 0 aliphatic heterocycles. The first-order chi connectivity index (χ1) is 12.0. The van der Waals surface area contributed by atoms with Crippen molar-refractivity contribution in [3.05, 3.63) is 67.0 Å². The minimum absolute atomic E-state index is 0.231. The number of benzene rings is 2. The van der Waals surface area contributed by atoms with Gasteiger partial charge in [-0.2, -0.15) is 14.9 Å². The van der Waals surface area contributed by atoms with Gasteiger partial charge in [0.15, 0.2) is 5.13 Å². The fraction of sp³-hybridized carbons (Fsp3) is 0. The Kier molecular flexibility index (Phi) is 5.51. The Morgan fingerprint density at radius 1 is 0.840 bits per heavy atom. The first kappa shape index (κ1) is 18.0. The fourth-order valence-electron chi connectivity index (χ4n) is 2.22. The van der Waals surface area contributed by atoms with Crippen molar-refractivity contribution in [2.75, 3.05) is 0 Å². The van der Waals surface area contributed by atoms with Gasteiger partial charge in [-0.05, 0) is 41.8 Å². The van der Waals surface area contributed by atoms with Gasteiger partial charge in [0.05, 0.1) is 23.3 Å². The molecule has 2 aromatic carbocycles. The minimum atomic E-state index is -0.231. The highest BCUT2D eigenvalue weighted by Gasteiger charge is 2.06. The number of thiophene rings is 2. The predicted molar refractivity (Wildman–Crippen MR) is 108 cm³/mol. The zero-order valence-corrected chi connectivity index (χ0v) is 17.2. The Labute approximate surface area is 168 Å². The molecule has 0 saturated carbocycles. The molecule has 0 saturated heterocycles. The van der Waals surface area contributed by atoms with Crippen LogP contribution in [0.3, 0.4) is 0 Å². The standard InChI is InChI=1S/C9H3BrFNS.C9H4BrNS/c10-7-1-5(4-12)2-8-6(7)3-9(11)13-8;10-8-3-6(5-11)4-9-7(8)1-2-12-9/h1-3H;1-4H. The molecule has 0 N–H and O–H groups in total. The molecular formula is C18H7Br2FN2S2. The van der Waals surface area contributed by atoms with E-state index >= 15 is 0 Å². The summed E-state index contributed by atoms with van der Waals surface area (Å²) >= 11 is 9.41. The van der Waals surface area contributed by atoms with Gasteiger partial charge in [0.25, 0.3) is 0 Å². The summed E-state index contributed by atoms with van der Waals surface area (Å²) in [6, 6.07) is 14.8. The maximum absolute atomic E-state index is 12.9. The topological polar surface area (TPSA) is 47.6 Å². The van der Waals surface area contributed by atoms with Crippen LogP contribution in [0.25, 0.3) is 20.2 Å². The van der Waals surface area contributed by atoms with E-state index in [2.05, 4.69) is 37.9 Å². The quantitative estimate of drug-likeness (QED) is 0.260. The predicted octanol–water partition coefficient (Wildman–Crippen LogP) is 7.21. The minimum Gasteiger partial charge on any atom is -0.195 e. The van der Waals surface area contributed by atoms with Crippen LogP contribution in [0.4, 0.5) is 4.39 Å². The highest BCUT2D eigenvalue weighted by atomic mass is 79.9. The van der Waals surface area contributed by atoms with Crippen LogP contribution in [-0.4, -0.2) is 0 Å². The zero-order valence-electron chi connectivity index (χ0n) is 12.4. The van der Waals surface area contributed by atoms with E-state index in [0.717, 1.165) is 35.1 Å². The Bertz CT molecular complexity index is 1170. The molecular weight excluding hydrogens is 487 g/mol. The van der Waals surface area contributed by atoms with Crippen molar-refractivity contribution in [3.63, 3.8) is 0 Å². The molecule has 2 nitrogen and oxygen atoms in total. The highest BCUT2D eigenvalue weighted by Crippen LogP contribution is 2.32. The smallest absolute Gasteiger partial charge is 0.177 e. The third-order valence-electron chi connectivity index (χ3n) is 3.34. The number of halogens is 3. The summed E-state index contributed by atoms with van der Waals surface area (Å²) in [4.78, 5) is 0. The van der Waals surface area contributed by atoms with Crippen LogP contribution in [0.5, 0.6) is 0 Å². The lowest BCUT2D eigenvalue weighted by molar-refractivity contribution is 0.658. The van der Waals surface area contributed by atoms with E-state index in [1.165, 1.54) is 11.5 Å². The maximum Gasteiger partial charge on any atom is 0.177 e. The Hall–Kier alpha value is -1.77. The van der Waals surface area contributed by atoms with Crippen molar-refractivity contribution in [2.24, 2.45) is 0 Å². The second kappa shape index (κ2) is 7.63. The summed E-state index contributed by atoms with van der Waals surface area (Å²) in [5, 5.41) is 21.2. The van der Waals surface area contributed by atoms with Crippen LogP contribution < -0.4 is 0 Å². The van der Waals surface area contributed by atoms with Crippen molar-refractivity contribution >= 4 is 74.7 Å². The molecule has 0 aliphatic carbocycles. The molecule has 0 atom stereocenters. The van der Waals surface area contributed by atoms with Crippen LogP contribution in [0.2, 0.25) is 0 Å². The van der Waals surface area contributed by atoms with E-state index in [9.17, 15) is 4.39 Å².